The molecule has 1 aliphatic carbocycles. The highest BCUT2D eigenvalue weighted by Crippen LogP contribution is 2.51. The Bertz CT molecular complexity index is 1160. The number of nitrogens with one attached hydrogen (secondary N) is 1. The van der Waals surface area contributed by atoms with Crippen LogP contribution in [0.1, 0.15) is 25.0 Å². The summed E-state index contributed by atoms with van der Waals surface area (Å²) in [5.41, 5.74) is 10.2. The molecule has 0 spiro atoms. The van der Waals surface area contributed by atoms with Gasteiger partial charge >= 0.3 is 0 Å². The summed E-state index contributed by atoms with van der Waals surface area (Å²) in [6.07, 6.45) is 0. The van der Waals surface area contributed by atoms with Crippen molar-refractivity contribution in [2.75, 3.05) is 5.32 Å². The lowest BCUT2D eigenvalue weighted by molar-refractivity contribution is 0.662. The molecule has 136 valence electrons. The summed E-state index contributed by atoms with van der Waals surface area (Å²) in [5.74, 6) is 0. The average Bonchev–Trinajstić information content (AvgIpc) is 2.98. The van der Waals surface area contributed by atoms with Gasteiger partial charge < -0.3 is 5.32 Å². The van der Waals surface area contributed by atoms with Gasteiger partial charge in [0.05, 0.1) is 0 Å². The van der Waals surface area contributed by atoms with E-state index in [1.807, 2.05) is 0 Å². The van der Waals surface area contributed by atoms with Gasteiger partial charge in [0, 0.05) is 22.4 Å². The van der Waals surface area contributed by atoms with Crippen LogP contribution in [0.3, 0.4) is 0 Å². The van der Waals surface area contributed by atoms with Gasteiger partial charge in [-0.2, -0.15) is 0 Å². The maximum atomic E-state index is 3.76. The molecule has 0 saturated carbocycles. The molecule has 0 amide bonds. The SMILES string of the molecule is CC1(C)c2ccccc2-c2cccc(Nc3ccccc3-c3ccccc3)c21. The second-order valence-electron chi connectivity index (χ2n) is 7.94. The number of rotatable bonds is 3. The molecule has 0 radical (unpaired) electrons. The summed E-state index contributed by atoms with van der Waals surface area (Å²) in [6.45, 7) is 4.65. The van der Waals surface area contributed by atoms with Gasteiger partial charge in [-0.3, -0.25) is 0 Å². The molecule has 1 heteroatoms. The number of fused-ring (bicyclic) bond motifs is 3. The molecule has 4 aromatic carbocycles. The van der Waals surface area contributed by atoms with Crippen LogP contribution in [0.25, 0.3) is 22.3 Å². The second-order valence-corrected chi connectivity index (χ2v) is 7.94. The van der Waals surface area contributed by atoms with Gasteiger partial charge in [-0.05, 0) is 39.9 Å². The fraction of sp³-hybridized carbons (Fsp3) is 0.111. The maximum Gasteiger partial charge on any atom is 0.0463 e. The Morgan fingerprint density at radius 3 is 1.96 bits per heavy atom. The van der Waals surface area contributed by atoms with Crippen LogP contribution in [-0.2, 0) is 5.41 Å². The van der Waals surface area contributed by atoms with Crippen molar-refractivity contribution in [3.05, 3.63) is 108 Å². The van der Waals surface area contributed by atoms with Crippen LogP contribution in [-0.4, -0.2) is 0 Å². The average molecular weight is 361 g/mol. The predicted octanol–water partition coefficient (Wildman–Crippen LogP) is 7.40. The largest absolute Gasteiger partial charge is 0.355 e. The van der Waals surface area contributed by atoms with E-state index in [2.05, 4.69) is 116 Å². The highest BCUT2D eigenvalue weighted by Gasteiger charge is 2.37. The van der Waals surface area contributed by atoms with E-state index in [0.717, 1.165) is 5.69 Å². The molecular formula is C27H23N. The van der Waals surface area contributed by atoms with Gasteiger partial charge in [0.25, 0.3) is 0 Å². The van der Waals surface area contributed by atoms with E-state index < -0.39 is 0 Å². The first kappa shape index (κ1) is 16.8. The number of hydrogen-bond donors (Lipinski definition) is 1. The molecular weight excluding hydrogens is 338 g/mol. The topological polar surface area (TPSA) is 12.0 Å². The summed E-state index contributed by atoms with van der Waals surface area (Å²) >= 11 is 0. The zero-order chi connectivity index (χ0) is 19.1. The monoisotopic (exact) mass is 361 g/mol. The lowest BCUT2D eigenvalue weighted by Gasteiger charge is -2.25. The van der Waals surface area contributed by atoms with Crippen LogP contribution in [0, 0.1) is 0 Å². The maximum absolute atomic E-state index is 3.76. The van der Waals surface area contributed by atoms with E-state index in [-0.39, 0.29) is 5.41 Å². The Labute approximate surface area is 166 Å². The molecule has 1 aliphatic rings. The highest BCUT2D eigenvalue weighted by atomic mass is 14.9. The van der Waals surface area contributed by atoms with E-state index >= 15 is 0 Å². The molecule has 1 nitrogen and oxygen atoms in total. The van der Waals surface area contributed by atoms with E-state index in [4.69, 9.17) is 0 Å². The fourth-order valence-electron chi connectivity index (χ4n) is 4.56. The first-order valence-corrected chi connectivity index (χ1v) is 9.81. The quantitative estimate of drug-likeness (QED) is 0.401. The van der Waals surface area contributed by atoms with Gasteiger partial charge in [-0.1, -0.05) is 98.8 Å². The lowest BCUT2D eigenvalue weighted by Crippen LogP contribution is -2.16. The first-order valence-electron chi connectivity index (χ1n) is 9.81. The van der Waals surface area contributed by atoms with Crippen molar-refractivity contribution in [2.45, 2.75) is 19.3 Å². The van der Waals surface area contributed by atoms with Crippen LogP contribution < -0.4 is 5.32 Å². The number of anilines is 2. The zero-order valence-corrected chi connectivity index (χ0v) is 16.2. The molecule has 5 rings (SSSR count). The minimum atomic E-state index is -0.0305. The third kappa shape index (κ3) is 2.55. The number of hydrogen-bond acceptors (Lipinski definition) is 1. The molecule has 0 unspecified atom stereocenters. The molecule has 0 fully saturated rings. The van der Waals surface area contributed by atoms with Crippen molar-refractivity contribution in [1.82, 2.24) is 0 Å². The Morgan fingerprint density at radius 1 is 0.536 bits per heavy atom. The summed E-state index contributed by atoms with van der Waals surface area (Å²) in [6, 6.07) is 34.5. The van der Waals surface area contributed by atoms with Crippen LogP contribution in [0.2, 0.25) is 0 Å². The third-order valence-electron chi connectivity index (χ3n) is 5.86. The normalized spacial score (nSPS) is 13.6. The Morgan fingerprint density at radius 2 is 1.14 bits per heavy atom. The first-order chi connectivity index (χ1) is 13.7. The standard InChI is InChI=1S/C27H23N/c1-27(2)23-16-8-6-14-21(23)22-15-10-18-25(26(22)27)28-24-17-9-7-13-20(24)19-11-4-3-5-12-19/h3-18,28H,1-2H3. The van der Waals surface area contributed by atoms with E-state index in [1.165, 1.54) is 39.1 Å². The smallest absolute Gasteiger partial charge is 0.0463 e. The van der Waals surface area contributed by atoms with Gasteiger partial charge in [0.1, 0.15) is 0 Å². The Balaban J connectivity index is 1.64. The van der Waals surface area contributed by atoms with Crippen LogP contribution in [0.15, 0.2) is 97.1 Å². The molecule has 0 aliphatic heterocycles. The summed E-state index contributed by atoms with van der Waals surface area (Å²) in [4.78, 5) is 0. The predicted molar refractivity (Wildman–Crippen MR) is 119 cm³/mol. The van der Waals surface area contributed by atoms with Gasteiger partial charge in [0.15, 0.2) is 0 Å². The summed E-state index contributed by atoms with van der Waals surface area (Å²) in [5, 5.41) is 3.76. The summed E-state index contributed by atoms with van der Waals surface area (Å²) in [7, 11) is 0. The minimum absolute atomic E-state index is 0.0305. The molecule has 28 heavy (non-hydrogen) atoms. The van der Waals surface area contributed by atoms with Crippen LogP contribution in [0.4, 0.5) is 11.4 Å². The van der Waals surface area contributed by atoms with E-state index in [9.17, 15) is 0 Å². The van der Waals surface area contributed by atoms with E-state index in [0.29, 0.717) is 0 Å². The molecule has 0 bridgehead atoms. The van der Waals surface area contributed by atoms with Crippen molar-refractivity contribution in [2.24, 2.45) is 0 Å². The molecule has 0 saturated heterocycles. The highest BCUT2D eigenvalue weighted by molar-refractivity contribution is 5.89. The van der Waals surface area contributed by atoms with Crippen molar-refractivity contribution in [3.8, 4) is 22.3 Å². The lowest BCUT2D eigenvalue weighted by atomic mass is 9.81. The second kappa shape index (κ2) is 6.38. The van der Waals surface area contributed by atoms with Gasteiger partial charge in [-0.15, -0.1) is 0 Å². The van der Waals surface area contributed by atoms with E-state index in [1.54, 1.807) is 0 Å². The minimum Gasteiger partial charge on any atom is -0.355 e. The van der Waals surface area contributed by atoms with Gasteiger partial charge in [-0.25, -0.2) is 0 Å². The molecule has 0 atom stereocenters. The number of para-hydroxylation sites is 1. The van der Waals surface area contributed by atoms with Crippen molar-refractivity contribution < 1.29 is 0 Å². The molecule has 0 heterocycles. The Hall–Kier alpha value is -3.32. The molecule has 0 aromatic heterocycles. The van der Waals surface area contributed by atoms with Gasteiger partial charge in [0.2, 0.25) is 0 Å². The Kier molecular flexibility index (Phi) is 3.84. The molecule has 1 N–H and O–H groups in total. The van der Waals surface area contributed by atoms with Crippen molar-refractivity contribution in [3.63, 3.8) is 0 Å². The summed E-state index contributed by atoms with van der Waals surface area (Å²) < 4.78 is 0. The van der Waals surface area contributed by atoms with Crippen molar-refractivity contribution >= 4 is 11.4 Å². The molecule has 4 aromatic rings. The van der Waals surface area contributed by atoms with Crippen molar-refractivity contribution in [1.29, 1.82) is 0 Å². The number of benzene rings is 4. The third-order valence-corrected chi connectivity index (χ3v) is 5.86. The van der Waals surface area contributed by atoms with Crippen LogP contribution in [0.5, 0.6) is 0 Å². The van der Waals surface area contributed by atoms with Crippen LogP contribution >= 0.6 is 0 Å². The zero-order valence-electron chi connectivity index (χ0n) is 16.2. The fourth-order valence-corrected chi connectivity index (χ4v) is 4.56.